The molecule has 0 N–H and O–H groups in total. The van der Waals surface area contributed by atoms with Crippen LogP contribution in [-0.4, -0.2) is 13.2 Å². The number of hydrogen-bond acceptors (Lipinski definition) is 4. The molecule has 0 aliphatic carbocycles. The van der Waals surface area contributed by atoms with Crippen molar-refractivity contribution in [2.75, 3.05) is 13.2 Å². The second-order valence-corrected chi connectivity index (χ2v) is 5.47. The van der Waals surface area contributed by atoms with Gasteiger partial charge in [0, 0.05) is 0 Å². The first-order chi connectivity index (χ1) is 8.13. The van der Waals surface area contributed by atoms with Crippen molar-refractivity contribution < 1.29 is 13.6 Å². The third-order valence-corrected chi connectivity index (χ3v) is 4.14. The Morgan fingerprint density at radius 1 is 1.29 bits per heavy atom. The molecule has 0 aliphatic rings. The van der Waals surface area contributed by atoms with E-state index in [0.29, 0.717) is 18.8 Å². The van der Waals surface area contributed by atoms with Crippen LogP contribution in [0.25, 0.3) is 0 Å². The second-order valence-electron chi connectivity index (χ2n) is 3.42. The van der Waals surface area contributed by atoms with Crippen molar-refractivity contribution in [3.8, 4) is 6.07 Å². The van der Waals surface area contributed by atoms with E-state index in [1.54, 1.807) is 32.0 Å². The SMILES string of the molecule is CCOP(=O)(Cc1cccc(C#N)c1)OCC. The van der Waals surface area contributed by atoms with Gasteiger partial charge in [-0.25, -0.2) is 0 Å². The van der Waals surface area contributed by atoms with Crippen LogP contribution in [0.3, 0.4) is 0 Å². The second kappa shape index (κ2) is 6.56. The maximum Gasteiger partial charge on any atom is 0.335 e. The first-order valence-corrected chi connectivity index (χ1v) is 7.23. The summed E-state index contributed by atoms with van der Waals surface area (Å²) in [5.41, 5.74) is 1.33. The Bertz CT molecular complexity index is 443. The van der Waals surface area contributed by atoms with Crippen LogP contribution in [0, 0.1) is 11.3 Å². The molecule has 0 atom stereocenters. The minimum atomic E-state index is -3.08. The van der Waals surface area contributed by atoms with Crippen molar-refractivity contribution in [3.63, 3.8) is 0 Å². The van der Waals surface area contributed by atoms with Crippen LogP contribution in [0.2, 0.25) is 0 Å². The Kier molecular flexibility index (Phi) is 5.37. The van der Waals surface area contributed by atoms with E-state index in [1.165, 1.54) is 0 Å². The van der Waals surface area contributed by atoms with Gasteiger partial charge in [-0.1, -0.05) is 12.1 Å². The van der Waals surface area contributed by atoms with E-state index in [2.05, 4.69) is 0 Å². The summed E-state index contributed by atoms with van der Waals surface area (Å²) in [7, 11) is -3.08. The van der Waals surface area contributed by atoms with E-state index in [9.17, 15) is 4.57 Å². The number of nitriles is 1. The van der Waals surface area contributed by atoms with Crippen molar-refractivity contribution in [1.29, 1.82) is 5.26 Å². The molecule has 17 heavy (non-hydrogen) atoms. The van der Waals surface area contributed by atoms with Gasteiger partial charge in [0.1, 0.15) is 0 Å². The van der Waals surface area contributed by atoms with E-state index in [-0.39, 0.29) is 6.16 Å². The molecule has 0 heterocycles. The molecule has 0 bridgehead atoms. The fourth-order valence-electron chi connectivity index (χ4n) is 1.48. The molecule has 0 saturated heterocycles. The Labute approximate surface area is 102 Å². The highest BCUT2D eigenvalue weighted by Gasteiger charge is 2.23. The minimum absolute atomic E-state index is 0.199. The summed E-state index contributed by atoms with van der Waals surface area (Å²) in [4.78, 5) is 0. The maximum absolute atomic E-state index is 12.3. The van der Waals surface area contributed by atoms with Gasteiger partial charge in [-0.3, -0.25) is 4.57 Å². The predicted molar refractivity (Wildman–Crippen MR) is 65.7 cm³/mol. The Morgan fingerprint density at radius 2 is 1.94 bits per heavy atom. The molecule has 0 amide bonds. The summed E-state index contributed by atoms with van der Waals surface area (Å²) in [6.45, 7) is 4.24. The number of hydrogen-bond donors (Lipinski definition) is 0. The van der Waals surface area contributed by atoms with E-state index in [4.69, 9.17) is 14.3 Å². The zero-order valence-corrected chi connectivity index (χ0v) is 10.9. The number of nitrogens with zero attached hydrogens (tertiary/aromatic N) is 1. The molecule has 1 aromatic carbocycles. The van der Waals surface area contributed by atoms with Crippen molar-refractivity contribution in [1.82, 2.24) is 0 Å². The quantitative estimate of drug-likeness (QED) is 0.729. The zero-order valence-electron chi connectivity index (χ0n) is 10.0. The average molecular weight is 253 g/mol. The lowest BCUT2D eigenvalue weighted by molar-refractivity contribution is 0.219. The third kappa shape index (κ3) is 4.32. The monoisotopic (exact) mass is 253 g/mol. The largest absolute Gasteiger partial charge is 0.335 e. The molecule has 0 spiro atoms. The molecule has 1 aromatic rings. The van der Waals surface area contributed by atoms with Gasteiger partial charge in [-0.15, -0.1) is 0 Å². The molecule has 0 unspecified atom stereocenters. The van der Waals surface area contributed by atoms with E-state index in [0.717, 1.165) is 5.56 Å². The topological polar surface area (TPSA) is 59.3 Å². The van der Waals surface area contributed by atoms with Crippen LogP contribution in [0.15, 0.2) is 24.3 Å². The molecule has 0 aliphatic heterocycles. The van der Waals surface area contributed by atoms with Gasteiger partial charge in [-0.2, -0.15) is 5.26 Å². The fraction of sp³-hybridized carbons (Fsp3) is 0.417. The summed E-state index contributed by atoms with van der Waals surface area (Å²) in [5.74, 6) is 0. The van der Waals surface area contributed by atoms with Crippen molar-refractivity contribution in [2.45, 2.75) is 20.0 Å². The molecule has 0 fully saturated rings. The van der Waals surface area contributed by atoms with Crippen LogP contribution in [0.4, 0.5) is 0 Å². The lowest BCUT2D eigenvalue weighted by Crippen LogP contribution is -1.99. The molecule has 5 heteroatoms. The smallest absolute Gasteiger partial charge is 0.309 e. The van der Waals surface area contributed by atoms with Crippen molar-refractivity contribution >= 4 is 7.60 Å². The van der Waals surface area contributed by atoms with Crippen LogP contribution in [0.1, 0.15) is 25.0 Å². The van der Waals surface area contributed by atoms with Crippen LogP contribution >= 0.6 is 7.60 Å². The summed E-state index contributed by atoms with van der Waals surface area (Å²) in [6, 6.07) is 9.02. The molecule has 0 saturated carbocycles. The maximum atomic E-state index is 12.3. The summed E-state index contributed by atoms with van der Waals surface area (Å²) < 4.78 is 22.7. The number of benzene rings is 1. The van der Waals surface area contributed by atoms with Gasteiger partial charge < -0.3 is 9.05 Å². The molecule has 92 valence electrons. The van der Waals surface area contributed by atoms with Gasteiger partial charge in [0.15, 0.2) is 0 Å². The minimum Gasteiger partial charge on any atom is -0.309 e. The molecule has 0 radical (unpaired) electrons. The lowest BCUT2D eigenvalue weighted by Gasteiger charge is -2.16. The van der Waals surface area contributed by atoms with Gasteiger partial charge in [0.05, 0.1) is 31.0 Å². The normalized spacial score (nSPS) is 11.1. The van der Waals surface area contributed by atoms with Crippen molar-refractivity contribution in [3.05, 3.63) is 35.4 Å². The first kappa shape index (κ1) is 13.9. The van der Waals surface area contributed by atoms with Gasteiger partial charge in [0.25, 0.3) is 0 Å². The fourth-order valence-corrected chi connectivity index (χ4v) is 3.17. The van der Waals surface area contributed by atoms with Crippen LogP contribution in [-0.2, 0) is 19.8 Å². The lowest BCUT2D eigenvalue weighted by atomic mass is 10.2. The summed E-state index contributed by atoms with van der Waals surface area (Å²) in [5, 5.41) is 8.79. The highest BCUT2D eigenvalue weighted by Crippen LogP contribution is 2.51. The Hall–Kier alpha value is -1.14. The van der Waals surface area contributed by atoms with E-state index >= 15 is 0 Å². The molecular formula is C12H16NO3P. The number of rotatable bonds is 6. The third-order valence-electron chi connectivity index (χ3n) is 2.08. The zero-order chi connectivity index (χ0) is 12.7. The molecular weight excluding hydrogens is 237 g/mol. The molecule has 0 aromatic heterocycles. The first-order valence-electron chi connectivity index (χ1n) is 5.50. The summed E-state index contributed by atoms with van der Waals surface area (Å²) in [6.07, 6.45) is 0.199. The van der Waals surface area contributed by atoms with Crippen LogP contribution < -0.4 is 0 Å². The average Bonchev–Trinajstić information content (AvgIpc) is 2.29. The predicted octanol–water partition coefficient (Wildman–Crippen LogP) is 3.32. The standard InChI is InChI=1S/C12H16NO3P/c1-3-15-17(14,16-4-2)10-12-7-5-6-11(8-12)9-13/h5-8H,3-4,10H2,1-2H3. The van der Waals surface area contributed by atoms with E-state index < -0.39 is 7.60 Å². The van der Waals surface area contributed by atoms with Gasteiger partial charge >= 0.3 is 7.60 Å². The molecule has 1 rings (SSSR count). The van der Waals surface area contributed by atoms with Crippen LogP contribution in [0.5, 0.6) is 0 Å². The Morgan fingerprint density at radius 3 is 2.47 bits per heavy atom. The van der Waals surface area contributed by atoms with Gasteiger partial charge in [0.2, 0.25) is 0 Å². The van der Waals surface area contributed by atoms with Gasteiger partial charge in [-0.05, 0) is 31.5 Å². The summed E-state index contributed by atoms with van der Waals surface area (Å²) >= 11 is 0. The van der Waals surface area contributed by atoms with E-state index in [1.807, 2.05) is 12.1 Å². The highest BCUT2D eigenvalue weighted by molar-refractivity contribution is 7.53. The van der Waals surface area contributed by atoms with Crippen molar-refractivity contribution in [2.24, 2.45) is 0 Å². The highest BCUT2D eigenvalue weighted by atomic mass is 31.2. The Balaban J connectivity index is 2.86. The molecule has 4 nitrogen and oxygen atoms in total.